The first-order valence-electron chi connectivity index (χ1n) is 9.64. The molecule has 2 amide bonds. The van der Waals surface area contributed by atoms with Gasteiger partial charge < -0.3 is 19.7 Å². The molecule has 1 N–H and O–H groups in total. The van der Waals surface area contributed by atoms with Gasteiger partial charge in [-0.15, -0.1) is 0 Å². The lowest BCUT2D eigenvalue weighted by molar-refractivity contribution is 0.00912. The van der Waals surface area contributed by atoms with Crippen LogP contribution in [0.1, 0.15) is 30.0 Å². The van der Waals surface area contributed by atoms with Crippen molar-refractivity contribution >= 4 is 12.2 Å². The fraction of sp³-hybridized carbons (Fsp3) is 0.364. The fourth-order valence-electron chi connectivity index (χ4n) is 3.82. The van der Waals surface area contributed by atoms with E-state index in [0.717, 1.165) is 12.0 Å². The highest BCUT2D eigenvalue weighted by Crippen LogP contribution is 2.31. The molecule has 2 heterocycles. The molecular weight excluding hydrogens is 356 g/mol. The Labute approximate surface area is 164 Å². The highest BCUT2D eigenvalue weighted by atomic mass is 16.8. The minimum atomic E-state index is -0.607. The van der Waals surface area contributed by atoms with Crippen LogP contribution in [0.2, 0.25) is 0 Å². The van der Waals surface area contributed by atoms with Crippen LogP contribution in [-0.4, -0.2) is 42.4 Å². The highest BCUT2D eigenvalue weighted by molar-refractivity contribution is 5.75. The van der Waals surface area contributed by atoms with Crippen molar-refractivity contribution < 1.29 is 19.1 Å². The number of piperidine rings is 1. The Kier molecular flexibility index (Phi) is 5.19. The molecule has 0 aliphatic carbocycles. The Bertz CT molecular complexity index is 817. The summed E-state index contributed by atoms with van der Waals surface area (Å²) in [4.78, 5) is 26.0. The van der Waals surface area contributed by atoms with Gasteiger partial charge in [0.15, 0.2) is 5.60 Å². The third-order valence-electron chi connectivity index (χ3n) is 5.50. The zero-order valence-corrected chi connectivity index (χ0v) is 15.7. The third kappa shape index (κ3) is 4.11. The molecule has 1 spiro atoms. The van der Waals surface area contributed by atoms with Gasteiger partial charge in [-0.3, -0.25) is 0 Å². The number of rotatable bonds is 4. The van der Waals surface area contributed by atoms with Gasteiger partial charge in [-0.1, -0.05) is 60.7 Å². The van der Waals surface area contributed by atoms with E-state index in [1.54, 1.807) is 4.90 Å². The Balaban J connectivity index is 1.42. The largest absolute Gasteiger partial charge is 0.509 e. The molecule has 0 unspecified atom stereocenters. The number of cyclic esters (lactones) is 1. The zero-order valence-electron chi connectivity index (χ0n) is 15.7. The van der Waals surface area contributed by atoms with Crippen LogP contribution >= 0.6 is 0 Å². The van der Waals surface area contributed by atoms with Crippen LogP contribution in [0.15, 0.2) is 60.7 Å². The summed E-state index contributed by atoms with van der Waals surface area (Å²) < 4.78 is 10.3. The highest BCUT2D eigenvalue weighted by Gasteiger charge is 2.45. The molecule has 2 aliphatic heterocycles. The van der Waals surface area contributed by atoms with Gasteiger partial charge in [-0.05, 0) is 17.5 Å². The molecule has 28 heavy (non-hydrogen) atoms. The van der Waals surface area contributed by atoms with Crippen LogP contribution in [0.3, 0.4) is 0 Å². The van der Waals surface area contributed by atoms with Gasteiger partial charge >= 0.3 is 12.2 Å². The number of carbonyl (C=O) groups excluding carboxylic acids is 2. The first kappa shape index (κ1) is 18.3. The van der Waals surface area contributed by atoms with Gasteiger partial charge in [0.1, 0.15) is 6.61 Å². The molecule has 146 valence electrons. The van der Waals surface area contributed by atoms with Crippen LogP contribution < -0.4 is 5.32 Å². The summed E-state index contributed by atoms with van der Waals surface area (Å²) in [5, 5.41) is 3.19. The Hall–Kier alpha value is -3.02. The summed E-state index contributed by atoms with van der Waals surface area (Å²) >= 11 is 0. The maximum absolute atomic E-state index is 12.9. The van der Waals surface area contributed by atoms with Crippen LogP contribution in [-0.2, 0) is 15.9 Å². The Morgan fingerprint density at radius 2 is 1.68 bits per heavy atom. The number of ether oxygens (including phenoxy) is 2. The van der Waals surface area contributed by atoms with E-state index in [9.17, 15) is 9.59 Å². The van der Waals surface area contributed by atoms with Gasteiger partial charge in [-0.25, -0.2) is 9.59 Å². The van der Waals surface area contributed by atoms with Gasteiger partial charge in [0, 0.05) is 25.9 Å². The van der Waals surface area contributed by atoms with Crippen LogP contribution in [0.5, 0.6) is 0 Å². The number of nitrogens with zero attached hydrogens (tertiary/aromatic N) is 1. The maximum Gasteiger partial charge on any atom is 0.509 e. The average Bonchev–Trinajstić information content (AvgIpc) is 3.09. The molecule has 0 radical (unpaired) electrons. The molecule has 2 saturated heterocycles. The van der Waals surface area contributed by atoms with Crippen molar-refractivity contribution in [1.82, 2.24) is 10.2 Å². The Morgan fingerprint density at radius 3 is 2.29 bits per heavy atom. The monoisotopic (exact) mass is 380 g/mol. The van der Waals surface area contributed by atoms with Gasteiger partial charge in [0.25, 0.3) is 0 Å². The second kappa shape index (κ2) is 7.92. The summed E-state index contributed by atoms with van der Waals surface area (Å²) in [6.07, 6.45) is 1.31. The number of benzene rings is 2. The molecule has 0 saturated carbocycles. The molecule has 2 aromatic carbocycles. The van der Waals surface area contributed by atoms with E-state index >= 15 is 0 Å². The SMILES string of the molecule is O=C1OCC2(CCN(C(=O)N[C@H](Cc3ccccc3)c3ccccc3)CC2)O1. The zero-order chi connectivity index (χ0) is 19.4. The van der Waals surface area contributed by atoms with E-state index in [2.05, 4.69) is 17.4 Å². The average molecular weight is 380 g/mol. The second-order valence-corrected chi connectivity index (χ2v) is 7.41. The fourth-order valence-corrected chi connectivity index (χ4v) is 3.82. The molecule has 6 heteroatoms. The lowest BCUT2D eigenvalue weighted by atomic mass is 9.92. The van der Waals surface area contributed by atoms with E-state index < -0.39 is 11.8 Å². The first-order valence-corrected chi connectivity index (χ1v) is 9.64. The summed E-state index contributed by atoms with van der Waals surface area (Å²) in [5.74, 6) is 0. The number of likely N-dealkylation sites (tertiary alicyclic amines) is 1. The summed E-state index contributed by atoms with van der Waals surface area (Å²) in [5.41, 5.74) is 1.69. The predicted molar refractivity (Wildman–Crippen MR) is 104 cm³/mol. The van der Waals surface area contributed by atoms with E-state index in [0.29, 0.717) is 25.9 Å². The molecule has 4 rings (SSSR count). The number of nitrogens with one attached hydrogen (secondary N) is 1. The number of hydrogen-bond acceptors (Lipinski definition) is 4. The molecule has 0 bridgehead atoms. The first-order chi connectivity index (χ1) is 13.6. The van der Waals surface area contributed by atoms with Crippen molar-refractivity contribution in [3.63, 3.8) is 0 Å². The van der Waals surface area contributed by atoms with Crippen molar-refractivity contribution in [3.05, 3.63) is 71.8 Å². The minimum Gasteiger partial charge on any atom is -0.430 e. The molecule has 2 fully saturated rings. The summed E-state index contributed by atoms with van der Waals surface area (Å²) in [6, 6.07) is 20.0. The van der Waals surface area contributed by atoms with E-state index in [-0.39, 0.29) is 18.7 Å². The van der Waals surface area contributed by atoms with Gasteiger partial charge in [-0.2, -0.15) is 0 Å². The minimum absolute atomic E-state index is 0.0927. The van der Waals surface area contributed by atoms with Gasteiger partial charge in [0.2, 0.25) is 0 Å². The van der Waals surface area contributed by atoms with Crippen LogP contribution in [0.4, 0.5) is 9.59 Å². The number of hydrogen-bond donors (Lipinski definition) is 1. The molecular formula is C22H24N2O4. The predicted octanol–water partition coefficient (Wildman–Crippen LogP) is 3.68. The van der Waals surface area contributed by atoms with Crippen molar-refractivity contribution in [2.75, 3.05) is 19.7 Å². The normalized spacial score (nSPS) is 19.0. The van der Waals surface area contributed by atoms with Crippen molar-refractivity contribution in [2.24, 2.45) is 0 Å². The standard InChI is InChI=1S/C22H24N2O4/c25-20(24-13-11-22(12-14-24)16-27-21(26)28-22)23-19(18-9-5-2-6-10-18)15-17-7-3-1-4-8-17/h1-10,19H,11-16H2,(H,23,25)/t19-/m1/s1. The second-order valence-electron chi connectivity index (χ2n) is 7.41. The van der Waals surface area contributed by atoms with Crippen molar-refractivity contribution in [2.45, 2.75) is 30.9 Å². The lowest BCUT2D eigenvalue weighted by Gasteiger charge is -2.37. The summed E-state index contributed by atoms with van der Waals surface area (Å²) in [6.45, 7) is 1.35. The van der Waals surface area contributed by atoms with Crippen LogP contribution in [0.25, 0.3) is 0 Å². The van der Waals surface area contributed by atoms with Crippen molar-refractivity contribution in [3.8, 4) is 0 Å². The quantitative estimate of drug-likeness (QED) is 0.822. The smallest absolute Gasteiger partial charge is 0.430 e. The molecule has 2 aromatic rings. The number of amides is 2. The lowest BCUT2D eigenvalue weighted by Crippen LogP contribution is -2.51. The summed E-state index contributed by atoms with van der Waals surface area (Å²) in [7, 11) is 0. The van der Waals surface area contributed by atoms with E-state index in [4.69, 9.17) is 9.47 Å². The molecule has 1 atom stereocenters. The molecule has 6 nitrogen and oxygen atoms in total. The third-order valence-corrected chi connectivity index (χ3v) is 5.50. The van der Waals surface area contributed by atoms with E-state index in [1.807, 2.05) is 48.5 Å². The number of carbonyl (C=O) groups is 2. The van der Waals surface area contributed by atoms with Crippen LogP contribution in [0, 0.1) is 0 Å². The Morgan fingerprint density at radius 1 is 1.04 bits per heavy atom. The van der Waals surface area contributed by atoms with E-state index in [1.165, 1.54) is 5.56 Å². The maximum atomic E-state index is 12.9. The van der Waals surface area contributed by atoms with Gasteiger partial charge in [0.05, 0.1) is 6.04 Å². The van der Waals surface area contributed by atoms with Crippen molar-refractivity contribution in [1.29, 1.82) is 0 Å². The topological polar surface area (TPSA) is 67.9 Å². The molecule has 0 aromatic heterocycles. The molecule has 2 aliphatic rings. The number of urea groups is 1.